The van der Waals surface area contributed by atoms with Crippen molar-refractivity contribution in [2.45, 2.75) is 13.8 Å². The first kappa shape index (κ1) is 12.2. The summed E-state index contributed by atoms with van der Waals surface area (Å²) in [5.41, 5.74) is 2.41. The standard InChI is InChI=1S/C8H13O4P/c1-4-6-13(10,12-5-2)7-8(9)11-3/h5,7H2,1-3H3. The molecule has 0 bridgehead atoms. The fourth-order valence-corrected chi connectivity index (χ4v) is 2.19. The SMILES string of the molecule is CC#CP(=O)(CC(=O)OC)OCC. The van der Waals surface area contributed by atoms with Crippen LogP contribution in [0.2, 0.25) is 0 Å². The molecule has 0 radical (unpaired) electrons. The number of carbonyl (C=O) groups excluding carboxylic acids is 1. The normalized spacial score (nSPS) is 13.8. The molecule has 4 nitrogen and oxygen atoms in total. The Morgan fingerprint density at radius 1 is 1.54 bits per heavy atom. The number of hydrogen-bond acceptors (Lipinski definition) is 4. The molecule has 5 heteroatoms. The Kier molecular flexibility index (Phi) is 5.45. The Morgan fingerprint density at radius 2 is 2.15 bits per heavy atom. The molecule has 0 saturated carbocycles. The van der Waals surface area contributed by atoms with Crippen molar-refractivity contribution in [1.82, 2.24) is 0 Å². The van der Waals surface area contributed by atoms with Gasteiger partial charge in [-0.3, -0.25) is 9.36 Å². The summed E-state index contributed by atoms with van der Waals surface area (Å²) >= 11 is 0. The van der Waals surface area contributed by atoms with E-state index in [0.29, 0.717) is 0 Å². The highest BCUT2D eigenvalue weighted by Gasteiger charge is 2.24. The molecule has 0 fully saturated rings. The van der Waals surface area contributed by atoms with E-state index >= 15 is 0 Å². The first-order valence-corrected chi connectivity index (χ1v) is 5.63. The van der Waals surface area contributed by atoms with Crippen LogP contribution in [-0.4, -0.2) is 25.8 Å². The molecule has 0 N–H and O–H groups in total. The summed E-state index contributed by atoms with van der Waals surface area (Å²) < 4.78 is 21.0. The van der Waals surface area contributed by atoms with Crippen LogP contribution < -0.4 is 0 Å². The summed E-state index contributed by atoms with van der Waals surface area (Å²) in [4.78, 5) is 10.8. The van der Waals surface area contributed by atoms with Crippen molar-refractivity contribution in [2.24, 2.45) is 0 Å². The van der Waals surface area contributed by atoms with Crippen LogP contribution in [0.5, 0.6) is 0 Å². The minimum Gasteiger partial charge on any atom is -0.469 e. The summed E-state index contributed by atoms with van der Waals surface area (Å²) in [5, 5.41) is 0. The zero-order chi connectivity index (χ0) is 10.3. The Hall–Kier alpha value is -0.780. The highest BCUT2D eigenvalue weighted by Crippen LogP contribution is 2.45. The van der Waals surface area contributed by atoms with Crippen molar-refractivity contribution in [3.05, 3.63) is 0 Å². The molecule has 0 aliphatic rings. The first-order valence-electron chi connectivity index (χ1n) is 3.82. The maximum atomic E-state index is 11.7. The highest BCUT2D eigenvalue weighted by molar-refractivity contribution is 7.65. The Morgan fingerprint density at radius 3 is 2.54 bits per heavy atom. The molecule has 1 atom stereocenters. The van der Waals surface area contributed by atoms with E-state index in [-0.39, 0.29) is 12.8 Å². The van der Waals surface area contributed by atoms with Gasteiger partial charge in [-0.15, -0.1) is 0 Å². The Bertz CT molecular complexity index is 274. The molecule has 0 aromatic rings. The molecule has 0 aliphatic heterocycles. The van der Waals surface area contributed by atoms with Gasteiger partial charge < -0.3 is 9.26 Å². The lowest BCUT2D eigenvalue weighted by atomic mass is 10.8. The average Bonchev–Trinajstić information content (AvgIpc) is 2.04. The van der Waals surface area contributed by atoms with E-state index in [4.69, 9.17) is 4.52 Å². The predicted octanol–water partition coefficient (Wildman–Crippen LogP) is 1.45. The van der Waals surface area contributed by atoms with E-state index in [1.54, 1.807) is 13.8 Å². The summed E-state index contributed by atoms with van der Waals surface area (Å²) in [6.45, 7) is 3.51. The number of esters is 1. The van der Waals surface area contributed by atoms with Crippen LogP contribution in [0, 0.1) is 11.6 Å². The topological polar surface area (TPSA) is 52.6 Å². The van der Waals surface area contributed by atoms with Gasteiger partial charge in [-0.2, -0.15) is 0 Å². The van der Waals surface area contributed by atoms with Gasteiger partial charge in [0.2, 0.25) is 0 Å². The van der Waals surface area contributed by atoms with Crippen molar-refractivity contribution >= 4 is 13.3 Å². The summed E-state index contributed by atoms with van der Waals surface area (Å²) in [7, 11) is -1.89. The van der Waals surface area contributed by atoms with Crippen LogP contribution >= 0.6 is 7.37 Å². The summed E-state index contributed by atoms with van der Waals surface area (Å²) in [6.07, 6.45) is -0.280. The van der Waals surface area contributed by atoms with E-state index in [1.807, 2.05) is 0 Å². The number of carbonyl (C=O) groups is 1. The van der Waals surface area contributed by atoms with Crippen molar-refractivity contribution in [3.63, 3.8) is 0 Å². The van der Waals surface area contributed by atoms with Crippen LogP contribution in [0.3, 0.4) is 0 Å². The van der Waals surface area contributed by atoms with Gasteiger partial charge in [-0.25, -0.2) is 0 Å². The molecular formula is C8H13O4P. The van der Waals surface area contributed by atoms with Gasteiger partial charge in [0.15, 0.2) is 0 Å². The lowest BCUT2D eigenvalue weighted by Crippen LogP contribution is -2.08. The summed E-state index contributed by atoms with van der Waals surface area (Å²) in [5.74, 6) is 1.91. The second-order valence-corrected chi connectivity index (χ2v) is 4.33. The number of ether oxygens (including phenoxy) is 1. The molecule has 0 saturated heterocycles. The lowest BCUT2D eigenvalue weighted by Gasteiger charge is -2.09. The molecule has 0 aliphatic carbocycles. The van der Waals surface area contributed by atoms with Crippen LogP contribution in [0.1, 0.15) is 13.8 Å². The maximum absolute atomic E-state index is 11.7. The van der Waals surface area contributed by atoms with Gasteiger partial charge in [-0.05, 0) is 19.5 Å². The van der Waals surface area contributed by atoms with Gasteiger partial charge in [0.05, 0.1) is 13.7 Å². The third kappa shape index (κ3) is 4.72. The summed E-state index contributed by atoms with van der Waals surface area (Å²) in [6, 6.07) is 0. The molecule has 0 aromatic carbocycles. The fourth-order valence-electron chi connectivity index (χ4n) is 0.731. The van der Waals surface area contributed by atoms with Crippen LogP contribution in [0.4, 0.5) is 0 Å². The third-order valence-corrected chi connectivity index (χ3v) is 3.10. The fraction of sp³-hybridized carbons (Fsp3) is 0.625. The molecule has 0 heterocycles. The predicted molar refractivity (Wildman–Crippen MR) is 49.6 cm³/mol. The van der Waals surface area contributed by atoms with Gasteiger partial charge in [0.1, 0.15) is 6.16 Å². The number of rotatable bonds is 4. The van der Waals surface area contributed by atoms with Crippen LogP contribution in [-0.2, 0) is 18.6 Å². The van der Waals surface area contributed by atoms with E-state index in [1.165, 1.54) is 7.11 Å². The van der Waals surface area contributed by atoms with Crippen molar-refractivity contribution < 1.29 is 18.6 Å². The zero-order valence-electron chi connectivity index (χ0n) is 7.99. The average molecular weight is 204 g/mol. The molecule has 0 spiro atoms. The second kappa shape index (κ2) is 5.80. The molecule has 13 heavy (non-hydrogen) atoms. The molecule has 0 aromatic heterocycles. The van der Waals surface area contributed by atoms with E-state index < -0.39 is 13.3 Å². The molecule has 0 amide bonds. The molecule has 1 unspecified atom stereocenters. The molecule has 74 valence electrons. The largest absolute Gasteiger partial charge is 0.469 e. The third-order valence-electron chi connectivity index (χ3n) is 1.18. The first-order chi connectivity index (χ1) is 6.08. The van der Waals surface area contributed by atoms with Gasteiger partial charge in [0.25, 0.3) is 7.37 Å². The monoisotopic (exact) mass is 204 g/mol. The van der Waals surface area contributed by atoms with E-state index in [9.17, 15) is 9.36 Å². The van der Waals surface area contributed by atoms with Gasteiger partial charge in [0, 0.05) is 0 Å². The minimum absolute atomic E-state index is 0.267. The molecular weight excluding hydrogens is 191 g/mol. The van der Waals surface area contributed by atoms with Crippen molar-refractivity contribution in [1.29, 1.82) is 0 Å². The van der Waals surface area contributed by atoms with Crippen LogP contribution in [0.25, 0.3) is 0 Å². The highest BCUT2D eigenvalue weighted by atomic mass is 31.2. The molecule has 0 rings (SSSR count). The van der Waals surface area contributed by atoms with Gasteiger partial charge in [-0.1, -0.05) is 5.92 Å². The smallest absolute Gasteiger partial charge is 0.316 e. The Labute approximate surface area is 78.1 Å². The van der Waals surface area contributed by atoms with E-state index in [2.05, 4.69) is 16.3 Å². The zero-order valence-corrected chi connectivity index (χ0v) is 8.89. The Balaban J connectivity index is 4.48. The van der Waals surface area contributed by atoms with Crippen LogP contribution in [0.15, 0.2) is 0 Å². The van der Waals surface area contributed by atoms with Crippen molar-refractivity contribution in [3.8, 4) is 11.6 Å². The van der Waals surface area contributed by atoms with Crippen molar-refractivity contribution in [2.75, 3.05) is 19.9 Å². The maximum Gasteiger partial charge on any atom is 0.316 e. The van der Waals surface area contributed by atoms with Gasteiger partial charge >= 0.3 is 5.97 Å². The number of methoxy groups -OCH3 is 1. The second-order valence-electron chi connectivity index (χ2n) is 2.19. The van der Waals surface area contributed by atoms with E-state index in [0.717, 1.165) is 0 Å². The quantitative estimate of drug-likeness (QED) is 0.395. The minimum atomic E-state index is -3.13. The lowest BCUT2D eigenvalue weighted by molar-refractivity contribution is -0.137. The number of hydrogen-bond donors (Lipinski definition) is 0.